The van der Waals surface area contributed by atoms with Crippen LogP contribution in [0.1, 0.15) is 5.69 Å². The number of amides is 1. The van der Waals surface area contributed by atoms with Crippen molar-refractivity contribution in [2.75, 3.05) is 33.4 Å². The molecule has 0 fully saturated rings. The van der Waals surface area contributed by atoms with E-state index in [1.807, 2.05) is 0 Å². The van der Waals surface area contributed by atoms with E-state index in [4.69, 9.17) is 5.73 Å². The van der Waals surface area contributed by atoms with Gasteiger partial charge in [-0.15, -0.1) is 0 Å². The number of hydrogen-bond acceptors (Lipinski definition) is 5. The zero-order valence-corrected chi connectivity index (χ0v) is 12.5. The van der Waals surface area contributed by atoms with E-state index < -0.39 is 10.0 Å². The molecule has 0 aromatic carbocycles. The van der Waals surface area contributed by atoms with Crippen LogP contribution in [0.5, 0.6) is 0 Å². The number of aromatic nitrogens is 2. The quantitative estimate of drug-likeness (QED) is 0.767. The molecule has 0 aliphatic rings. The van der Waals surface area contributed by atoms with Gasteiger partial charge in [-0.05, 0) is 6.92 Å². The number of likely N-dealkylation sites (N-methyl/N-ethyl adjacent to an activating group) is 2. The Morgan fingerprint density at radius 3 is 2.26 bits per heavy atom. The zero-order valence-electron chi connectivity index (χ0n) is 11.7. The van der Waals surface area contributed by atoms with Crippen LogP contribution in [0.4, 0.5) is 5.82 Å². The minimum Gasteiger partial charge on any atom is -0.381 e. The van der Waals surface area contributed by atoms with Crippen LogP contribution >= 0.6 is 0 Å². The van der Waals surface area contributed by atoms with Gasteiger partial charge in [0.2, 0.25) is 15.9 Å². The normalized spacial score (nSPS) is 11.9. The van der Waals surface area contributed by atoms with Crippen LogP contribution in [0.25, 0.3) is 0 Å². The molecule has 9 heteroatoms. The lowest BCUT2D eigenvalue weighted by Crippen LogP contribution is -2.38. The summed E-state index contributed by atoms with van der Waals surface area (Å²) in [5.74, 6) is -0.379. The van der Waals surface area contributed by atoms with Crippen molar-refractivity contribution in [3.63, 3.8) is 0 Å². The van der Waals surface area contributed by atoms with Gasteiger partial charge >= 0.3 is 0 Å². The molecule has 0 atom stereocenters. The number of anilines is 1. The number of rotatable bonds is 4. The monoisotopic (exact) mass is 289 g/mol. The second-order valence-corrected chi connectivity index (χ2v) is 6.45. The summed E-state index contributed by atoms with van der Waals surface area (Å²) in [6, 6.07) is 0. The SMILES string of the molecule is Cc1c(S(=O)(=O)N(C)CC(=O)N(C)C)c(N)nn1C. The smallest absolute Gasteiger partial charge is 0.248 e. The van der Waals surface area contributed by atoms with Crippen molar-refractivity contribution in [2.24, 2.45) is 7.05 Å². The Balaban J connectivity index is 3.14. The summed E-state index contributed by atoms with van der Waals surface area (Å²) >= 11 is 0. The predicted octanol–water partition coefficient (Wildman–Crippen LogP) is -0.981. The highest BCUT2D eigenvalue weighted by molar-refractivity contribution is 7.89. The number of aryl methyl sites for hydroxylation is 1. The minimum atomic E-state index is -3.83. The van der Waals surface area contributed by atoms with E-state index in [0.29, 0.717) is 5.69 Å². The van der Waals surface area contributed by atoms with Gasteiger partial charge in [0.1, 0.15) is 4.90 Å². The zero-order chi connectivity index (χ0) is 15.0. The fourth-order valence-corrected chi connectivity index (χ4v) is 2.91. The Morgan fingerprint density at radius 2 is 1.89 bits per heavy atom. The largest absolute Gasteiger partial charge is 0.381 e. The van der Waals surface area contributed by atoms with E-state index in [2.05, 4.69) is 5.10 Å². The number of nitrogens with zero attached hydrogens (tertiary/aromatic N) is 4. The van der Waals surface area contributed by atoms with Crippen LogP contribution in [0.3, 0.4) is 0 Å². The van der Waals surface area contributed by atoms with E-state index >= 15 is 0 Å². The van der Waals surface area contributed by atoms with Crippen LogP contribution in [0.2, 0.25) is 0 Å². The summed E-state index contributed by atoms with van der Waals surface area (Å²) in [6.07, 6.45) is 0. The number of sulfonamides is 1. The molecule has 1 aromatic rings. The average Bonchev–Trinajstić information content (AvgIpc) is 2.52. The second kappa shape index (κ2) is 5.17. The van der Waals surface area contributed by atoms with Crippen molar-refractivity contribution in [1.29, 1.82) is 0 Å². The Kier molecular flexibility index (Phi) is 4.21. The van der Waals surface area contributed by atoms with E-state index in [1.165, 1.54) is 16.6 Å². The number of carbonyl (C=O) groups excluding carboxylic acids is 1. The Labute approximate surface area is 112 Å². The third kappa shape index (κ3) is 2.87. The highest BCUT2D eigenvalue weighted by atomic mass is 32.2. The van der Waals surface area contributed by atoms with Crippen molar-refractivity contribution < 1.29 is 13.2 Å². The van der Waals surface area contributed by atoms with E-state index in [1.54, 1.807) is 28.1 Å². The van der Waals surface area contributed by atoms with Gasteiger partial charge in [0, 0.05) is 28.2 Å². The van der Waals surface area contributed by atoms with Gasteiger partial charge < -0.3 is 10.6 Å². The summed E-state index contributed by atoms with van der Waals surface area (Å²) in [5, 5.41) is 3.87. The molecule has 0 saturated heterocycles. The lowest BCUT2D eigenvalue weighted by atomic mass is 10.5. The van der Waals surface area contributed by atoms with Gasteiger partial charge in [-0.2, -0.15) is 9.40 Å². The topological polar surface area (TPSA) is 102 Å². The first-order chi connectivity index (χ1) is 8.59. The van der Waals surface area contributed by atoms with E-state index in [0.717, 1.165) is 4.31 Å². The maximum atomic E-state index is 12.4. The molecule has 19 heavy (non-hydrogen) atoms. The highest BCUT2D eigenvalue weighted by Gasteiger charge is 2.30. The van der Waals surface area contributed by atoms with Crippen molar-refractivity contribution in [3.8, 4) is 0 Å². The molecular weight excluding hydrogens is 270 g/mol. The number of nitrogen functional groups attached to an aromatic ring is 1. The van der Waals surface area contributed by atoms with Crippen LogP contribution in [0, 0.1) is 6.92 Å². The second-order valence-electron chi connectivity index (χ2n) is 4.47. The molecule has 2 N–H and O–H groups in total. The molecule has 0 aliphatic carbocycles. The highest BCUT2D eigenvalue weighted by Crippen LogP contribution is 2.24. The Morgan fingerprint density at radius 1 is 1.37 bits per heavy atom. The van der Waals surface area contributed by atoms with Gasteiger partial charge in [0.15, 0.2) is 5.82 Å². The third-order valence-corrected chi connectivity index (χ3v) is 4.80. The van der Waals surface area contributed by atoms with E-state index in [-0.39, 0.29) is 23.2 Å². The first-order valence-corrected chi connectivity index (χ1v) is 6.98. The molecule has 0 aliphatic heterocycles. The van der Waals surface area contributed by atoms with Gasteiger partial charge in [0.05, 0.1) is 12.2 Å². The fraction of sp³-hybridized carbons (Fsp3) is 0.600. The van der Waals surface area contributed by atoms with Crippen LogP contribution in [0.15, 0.2) is 4.90 Å². The molecule has 0 unspecified atom stereocenters. The summed E-state index contributed by atoms with van der Waals surface area (Å²) in [6.45, 7) is 1.36. The van der Waals surface area contributed by atoms with Crippen molar-refractivity contribution in [1.82, 2.24) is 19.0 Å². The molecule has 0 radical (unpaired) electrons. The predicted molar refractivity (Wildman–Crippen MR) is 70.9 cm³/mol. The molecule has 1 heterocycles. The Hall–Kier alpha value is -1.61. The molecule has 1 aromatic heterocycles. The first-order valence-electron chi connectivity index (χ1n) is 5.54. The molecule has 0 spiro atoms. The van der Waals surface area contributed by atoms with Crippen molar-refractivity contribution in [2.45, 2.75) is 11.8 Å². The van der Waals surface area contributed by atoms with Crippen LogP contribution in [-0.4, -0.2) is 61.0 Å². The fourth-order valence-electron chi connectivity index (χ4n) is 1.51. The van der Waals surface area contributed by atoms with Gasteiger partial charge in [-0.1, -0.05) is 0 Å². The lowest BCUT2D eigenvalue weighted by Gasteiger charge is -2.19. The number of carbonyl (C=O) groups is 1. The summed E-state index contributed by atoms with van der Waals surface area (Å²) in [5.41, 5.74) is 6.06. The number of hydrogen-bond donors (Lipinski definition) is 1. The molecule has 1 amide bonds. The maximum absolute atomic E-state index is 12.4. The summed E-state index contributed by atoms with van der Waals surface area (Å²) in [4.78, 5) is 12.8. The average molecular weight is 289 g/mol. The molecule has 0 bridgehead atoms. The first kappa shape index (κ1) is 15.4. The maximum Gasteiger partial charge on any atom is 0.248 e. The molecule has 1 rings (SSSR count). The molecule has 108 valence electrons. The minimum absolute atomic E-state index is 0.0518. The standard InChI is InChI=1S/C10H19N5O3S/c1-7-9(10(11)12-15(7)5)19(17,18)14(4)6-8(16)13(2)3/h6H2,1-5H3,(H2,11,12). The van der Waals surface area contributed by atoms with Crippen molar-refractivity contribution in [3.05, 3.63) is 5.69 Å². The van der Waals surface area contributed by atoms with E-state index in [9.17, 15) is 13.2 Å². The third-order valence-electron chi connectivity index (χ3n) is 2.83. The molecular formula is C10H19N5O3S. The lowest BCUT2D eigenvalue weighted by molar-refractivity contribution is -0.128. The van der Waals surface area contributed by atoms with Gasteiger partial charge in [-0.3, -0.25) is 9.48 Å². The Bertz CT molecular complexity index is 591. The van der Waals surface area contributed by atoms with Crippen molar-refractivity contribution >= 4 is 21.7 Å². The van der Waals surface area contributed by atoms with Crippen LogP contribution < -0.4 is 5.73 Å². The van der Waals surface area contributed by atoms with Gasteiger partial charge in [0.25, 0.3) is 0 Å². The molecule has 0 saturated carbocycles. The van der Waals surface area contributed by atoms with Crippen LogP contribution in [-0.2, 0) is 21.9 Å². The van der Waals surface area contributed by atoms with Gasteiger partial charge in [-0.25, -0.2) is 8.42 Å². The molecule has 8 nitrogen and oxygen atoms in total. The summed E-state index contributed by atoms with van der Waals surface area (Å²) in [7, 11) is 2.24. The number of nitrogens with two attached hydrogens (primary N) is 1. The summed E-state index contributed by atoms with van der Waals surface area (Å²) < 4.78 is 27.1.